The second-order valence-electron chi connectivity index (χ2n) is 3.03. The van der Waals surface area contributed by atoms with Crippen LogP contribution in [0.5, 0.6) is 0 Å². The first-order chi connectivity index (χ1) is 6.85. The number of aliphatic carboxylic acids is 1. The summed E-state index contributed by atoms with van der Waals surface area (Å²) in [6, 6.07) is 0. The van der Waals surface area contributed by atoms with Crippen molar-refractivity contribution in [2.24, 2.45) is 0 Å². The van der Waals surface area contributed by atoms with E-state index < -0.39 is 22.7 Å². The molecule has 82 valence electrons. The number of alkyl halides is 1. The van der Waals surface area contributed by atoms with Crippen molar-refractivity contribution in [2.75, 3.05) is 0 Å². The molecule has 1 rings (SSSR count). The van der Waals surface area contributed by atoms with E-state index in [4.69, 9.17) is 28.3 Å². The maximum atomic E-state index is 11.2. The fourth-order valence-electron chi connectivity index (χ4n) is 1.30. The van der Waals surface area contributed by atoms with Crippen molar-refractivity contribution in [3.05, 3.63) is 22.8 Å². The highest BCUT2D eigenvalue weighted by Crippen LogP contribution is 2.38. The number of carboxylic acids is 1. The molecule has 2 atom stereocenters. The molecule has 15 heavy (non-hydrogen) atoms. The molecule has 0 saturated carbocycles. The minimum Gasteiger partial charge on any atom is -0.479 e. The third-order valence-electron chi connectivity index (χ3n) is 2.15. The summed E-state index contributed by atoms with van der Waals surface area (Å²) in [5, 5.41) is 17.1. The molecule has 2 N–H and O–H groups in total. The Balaban J connectivity index is 3.32. The lowest BCUT2D eigenvalue weighted by atomic mass is 9.95. The number of halogens is 2. The zero-order chi connectivity index (χ0) is 11.8. The standard InChI is InChI=1S/C9H8Cl2O4/c1-2-5(10)4-3-6(12)7(11)9(4,15)8(13)14/h2-3,7,15H,1H3,(H,13,14)/b5-2-/t7-,9+/m0/s1. The van der Waals surface area contributed by atoms with Crippen molar-refractivity contribution in [3.8, 4) is 0 Å². The molecule has 0 spiro atoms. The minimum atomic E-state index is -2.44. The molecule has 0 aromatic carbocycles. The maximum absolute atomic E-state index is 11.2. The number of carbonyl (C=O) groups excluding carboxylic acids is 1. The van der Waals surface area contributed by atoms with Gasteiger partial charge in [0.25, 0.3) is 0 Å². The van der Waals surface area contributed by atoms with Gasteiger partial charge in [0.2, 0.25) is 5.60 Å². The normalized spacial score (nSPS) is 31.7. The van der Waals surface area contributed by atoms with Gasteiger partial charge >= 0.3 is 5.97 Å². The van der Waals surface area contributed by atoms with Crippen LogP contribution in [0.25, 0.3) is 0 Å². The number of carboxylic acid groups (broad SMARTS) is 1. The van der Waals surface area contributed by atoms with Crippen molar-refractivity contribution >= 4 is 35.0 Å². The second kappa shape index (κ2) is 3.96. The van der Waals surface area contributed by atoms with E-state index in [1.54, 1.807) is 6.92 Å². The van der Waals surface area contributed by atoms with Gasteiger partial charge < -0.3 is 10.2 Å². The summed E-state index contributed by atoms with van der Waals surface area (Å²) in [5.74, 6) is -2.27. The SMILES string of the molecule is C/C=C(\Cl)C1=CC(=O)[C@H](Cl)[C@@]1(O)C(=O)O. The molecule has 0 saturated heterocycles. The summed E-state index contributed by atoms with van der Waals surface area (Å²) in [5.41, 5.74) is -2.62. The van der Waals surface area contributed by atoms with Crippen molar-refractivity contribution in [2.45, 2.75) is 17.9 Å². The zero-order valence-electron chi connectivity index (χ0n) is 7.70. The van der Waals surface area contributed by atoms with E-state index in [0.29, 0.717) is 0 Å². The molecule has 0 amide bonds. The number of hydrogen-bond donors (Lipinski definition) is 2. The Bertz CT molecular complexity index is 386. The van der Waals surface area contributed by atoms with E-state index >= 15 is 0 Å². The van der Waals surface area contributed by atoms with Crippen LogP contribution in [-0.2, 0) is 9.59 Å². The van der Waals surface area contributed by atoms with Crippen LogP contribution in [0.3, 0.4) is 0 Å². The van der Waals surface area contributed by atoms with E-state index in [9.17, 15) is 14.7 Å². The Morgan fingerprint density at radius 2 is 2.20 bits per heavy atom. The molecule has 0 aromatic rings. The van der Waals surface area contributed by atoms with Crippen LogP contribution in [0.4, 0.5) is 0 Å². The monoisotopic (exact) mass is 250 g/mol. The molecule has 0 radical (unpaired) electrons. The minimum absolute atomic E-state index is 0.00333. The first-order valence-corrected chi connectivity index (χ1v) is 4.85. The van der Waals surface area contributed by atoms with Crippen molar-refractivity contribution < 1.29 is 19.8 Å². The molecule has 0 heterocycles. The fourth-order valence-corrected chi connectivity index (χ4v) is 1.77. The van der Waals surface area contributed by atoms with Gasteiger partial charge in [-0.2, -0.15) is 0 Å². The Morgan fingerprint density at radius 3 is 2.60 bits per heavy atom. The van der Waals surface area contributed by atoms with Gasteiger partial charge in [0.1, 0.15) is 5.38 Å². The molecule has 0 bridgehead atoms. The van der Waals surface area contributed by atoms with E-state index in [-0.39, 0.29) is 10.6 Å². The summed E-state index contributed by atoms with van der Waals surface area (Å²) < 4.78 is 0. The summed E-state index contributed by atoms with van der Waals surface area (Å²) in [6.45, 7) is 1.55. The quantitative estimate of drug-likeness (QED) is 0.719. The van der Waals surface area contributed by atoms with Crippen LogP contribution in [0.1, 0.15) is 6.92 Å². The van der Waals surface area contributed by atoms with Gasteiger partial charge in [-0.25, -0.2) is 4.79 Å². The largest absolute Gasteiger partial charge is 0.479 e. The summed E-state index contributed by atoms with van der Waals surface area (Å²) >= 11 is 11.2. The lowest BCUT2D eigenvalue weighted by Gasteiger charge is -2.23. The first kappa shape index (κ1) is 12.2. The van der Waals surface area contributed by atoms with Gasteiger partial charge in [-0.1, -0.05) is 17.7 Å². The predicted octanol–water partition coefficient (Wildman–Crippen LogP) is 1.06. The molecular formula is C9H8Cl2O4. The number of aliphatic hydroxyl groups is 1. The molecule has 6 heteroatoms. The molecule has 1 aliphatic rings. The number of carbonyl (C=O) groups is 2. The lowest BCUT2D eigenvalue weighted by Crippen LogP contribution is -2.47. The zero-order valence-corrected chi connectivity index (χ0v) is 9.21. The van der Waals surface area contributed by atoms with Crippen molar-refractivity contribution in [1.29, 1.82) is 0 Å². The Morgan fingerprint density at radius 1 is 1.67 bits per heavy atom. The van der Waals surface area contributed by atoms with Gasteiger partial charge in [0, 0.05) is 10.6 Å². The fraction of sp³-hybridized carbons (Fsp3) is 0.333. The first-order valence-electron chi connectivity index (χ1n) is 4.03. The highest BCUT2D eigenvalue weighted by atomic mass is 35.5. The van der Waals surface area contributed by atoms with Crippen LogP contribution in [-0.4, -0.2) is 32.9 Å². The lowest BCUT2D eigenvalue weighted by molar-refractivity contribution is -0.154. The highest BCUT2D eigenvalue weighted by Gasteiger charge is 2.54. The number of hydrogen-bond acceptors (Lipinski definition) is 3. The van der Waals surface area contributed by atoms with Crippen LogP contribution in [0, 0.1) is 0 Å². The molecule has 0 unspecified atom stereocenters. The third-order valence-corrected chi connectivity index (χ3v) is 3.10. The van der Waals surface area contributed by atoms with Gasteiger partial charge in [-0.05, 0) is 13.0 Å². The smallest absolute Gasteiger partial charge is 0.342 e. The highest BCUT2D eigenvalue weighted by molar-refractivity contribution is 6.40. The molecule has 0 fully saturated rings. The van der Waals surface area contributed by atoms with Crippen LogP contribution >= 0.6 is 23.2 Å². The Hall–Kier alpha value is -0.840. The summed E-state index contributed by atoms with van der Waals surface area (Å²) in [4.78, 5) is 22.1. The average Bonchev–Trinajstić information content (AvgIpc) is 2.43. The molecule has 4 nitrogen and oxygen atoms in total. The van der Waals surface area contributed by atoms with Crippen LogP contribution in [0.15, 0.2) is 22.8 Å². The van der Waals surface area contributed by atoms with Gasteiger partial charge in [0.05, 0.1) is 0 Å². The molecule has 0 aromatic heterocycles. The van der Waals surface area contributed by atoms with E-state index in [1.165, 1.54) is 6.08 Å². The van der Waals surface area contributed by atoms with Crippen molar-refractivity contribution in [3.63, 3.8) is 0 Å². The van der Waals surface area contributed by atoms with Gasteiger partial charge in [-0.3, -0.25) is 4.79 Å². The molecule has 0 aliphatic heterocycles. The number of rotatable bonds is 2. The summed E-state index contributed by atoms with van der Waals surface area (Å²) in [6.07, 6.45) is 2.33. The van der Waals surface area contributed by atoms with E-state index in [1.807, 2.05) is 0 Å². The Labute approximate surface area is 95.8 Å². The average molecular weight is 251 g/mol. The van der Waals surface area contributed by atoms with Crippen molar-refractivity contribution in [1.82, 2.24) is 0 Å². The summed E-state index contributed by atoms with van der Waals surface area (Å²) in [7, 11) is 0. The predicted molar refractivity (Wildman–Crippen MR) is 54.9 cm³/mol. The van der Waals surface area contributed by atoms with Gasteiger partial charge in [0.15, 0.2) is 5.78 Å². The maximum Gasteiger partial charge on any atom is 0.342 e. The van der Waals surface area contributed by atoms with E-state index in [2.05, 4.69) is 0 Å². The molecule has 1 aliphatic carbocycles. The Kier molecular flexibility index (Phi) is 3.23. The second-order valence-corrected chi connectivity index (χ2v) is 3.87. The van der Waals surface area contributed by atoms with Crippen LogP contribution < -0.4 is 0 Å². The van der Waals surface area contributed by atoms with Crippen LogP contribution in [0.2, 0.25) is 0 Å². The topological polar surface area (TPSA) is 74.6 Å². The molecular weight excluding hydrogens is 243 g/mol. The third kappa shape index (κ3) is 1.69. The van der Waals surface area contributed by atoms with Gasteiger partial charge in [-0.15, -0.1) is 11.6 Å². The number of allylic oxidation sites excluding steroid dienone is 2. The van der Waals surface area contributed by atoms with E-state index in [0.717, 1.165) is 6.08 Å². The number of ketones is 1.